The summed E-state index contributed by atoms with van der Waals surface area (Å²) < 4.78 is 5.28. The van der Waals surface area contributed by atoms with Crippen LogP contribution in [-0.2, 0) is 11.2 Å². The van der Waals surface area contributed by atoms with Crippen LogP contribution in [0.1, 0.15) is 25.0 Å². The highest BCUT2D eigenvalue weighted by molar-refractivity contribution is 5.88. The van der Waals surface area contributed by atoms with Crippen molar-refractivity contribution in [1.29, 1.82) is 0 Å². The first-order valence-electron chi connectivity index (χ1n) is 9.83. The highest BCUT2D eigenvalue weighted by Gasteiger charge is 2.15. The van der Waals surface area contributed by atoms with E-state index in [9.17, 15) is 4.79 Å². The lowest BCUT2D eigenvalue weighted by atomic mass is 10.0. The largest absolute Gasteiger partial charge is 0.495 e. The molecule has 0 atom stereocenters. The van der Waals surface area contributed by atoms with Crippen LogP contribution in [0.2, 0.25) is 0 Å². The fraction of sp³-hybridized carbons (Fsp3) is 0.348. The van der Waals surface area contributed by atoms with E-state index in [1.54, 1.807) is 13.3 Å². The first-order valence-corrected chi connectivity index (χ1v) is 9.83. The molecule has 1 aromatic carbocycles. The Morgan fingerprint density at radius 1 is 1.00 bits per heavy atom. The molecule has 1 aliphatic heterocycles. The summed E-state index contributed by atoms with van der Waals surface area (Å²) in [6.07, 6.45) is 9.44. The van der Waals surface area contributed by atoms with Crippen molar-refractivity contribution >= 4 is 16.6 Å². The molecule has 5 nitrogen and oxygen atoms in total. The topological polar surface area (TPSA) is 55.3 Å². The molecule has 5 heteroatoms. The maximum Gasteiger partial charge on any atom is 0.152 e. The first kappa shape index (κ1) is 18.6. The molecule has 1 aliphatic rings. The fourth-order valence-corrected chi connectivity index (χ4v) is 3.78. The SMILES string of the molecule is COc1cncc(-c2ccc3cnc(CC(=O)CN4CCCCC4)cc3c2)c1. The molecule has 1 saturated heterocycles. The van der Waals surface area contributed by atoms with Gasteiger partial charge in [0.1, 0.15) is 5.75 Å². The van der Waals surface area contributed by atoms with E-state index >= 15 is 0 Å². The van der Waals surface area contributed by atoms with Crippen molar-refractivity contribution < 1.29 is 9.53 Å². The van der Waals surface area contributed by atoms with Gasteiger partial charge in [0.05, 0.1) is 26.3 Å². The number of rotatable bonds is 6. The number of carbonyl (C=O) groups is 1. The van der Waals surface area contributed by atoms with Gasteiger partial charge in [0.2, 0.25) is 0 Å². The summed E-state index contributed by atoms with van der Waals surface area (Å²) in [5.41, 5.74) is 2.90. The fourth-order valence-electron chi connectivity index (χ4n) is 3.78. The summed E-state index contributed by atoms with van der Waals surface area (Å²) in [4.78, 5) is 23.5. The molecule has 0 bridgehead atoms. The van der Waals surface area contributed by atoms with Crippen molar-refractivity contribution in [2.75, 3.05) is 26.7 Å². The maximum atomic E-state index is 12.5. The molecule has 0 radical (unpaired) electrons. The van der Waals surface area contributed by atoms with Gasteiger partial charge in [0, 0.05) is 29.0 Å². The summed E-state index contributed by atoms with van der Waals surface area (Å²) in [5.74, 6) is 0.971. The lowest BCUT2D eigenvalue weighted by Crippen LogP contribution is -2.35. The first-order chi connectivity index (χ1) is 13.7. The quantitative estimate of drug-likeness (QED) is 0.654. The van der Waals surface area contributed by atoms with Gasteiger partial charge in [-0.1, -0.05) is 18.6 Å². The molecular weight excluding hydrogens is 350 g/mol. The van der Waals surface area contributed by atoms with Crippen molar-refractivity contribution in [3.05, 3.63) is 54.6 Å². The van der Waals surface area contributed by atoms with Crippen molar-refractivity contribution in [3.8, 4) is 16.9 Å². The van der Waals surface area contributed by atoms with E-state index in [1.165, 1.54) is 19.3 Å². The molecule has 1 fully saturated rings. The molecule has 3 aromatic rings. The number of fused-ring (bicyclic) bond motifs is 1. The van der Waals surface area contributed by atoms with E-state index in [4.69, 9.17) is 4.74 Å². The second-order valence-corrected chi connectivity index (χ2v) is 7.40. The number of hydrogen-bond acceptors (Lipinski definition) is 5. The normalized spacial score (nSPS) is 14.9. The molecule has 0 amide bonds. The van der Waals surface area contributed by atoms with Gasteiger partial charge in [-0.3, -0.25) is 19.7 Å². The Hall–Kier alpha value is -2.79. The molecule has 0 saturated carbocycles. The van der Waals surface area contributed by atoms with Gasteiger partial charge in [-0.15, -0.1) is 0 Å². The zero-order chi connectivity index (χ0) is 19.3. The third kappa shape index (κ3) is 4.37. The minimum Gasteiger partial charge on any atom is -0.495 e. The van der Waals surface area contributed by atoms with Gasteiger partial charge in [0.25, 0.3) is 0 Å². The average molecular weight is 375 g/mol. The molecule has 4 rings (SSSR count). The minimum absolute atomic E-state index is 0.238. The number of piperidine rings is 1. The van der Waals surface area contributed by atoms with Crippen LogP contribution >= 0.6 is 0 Å². The molecule has 0 aliphatic carbocycles. The van der Waals surface area contributed by atoms with Crippen LogP contribution in [0.25, 0.3) is 21.9 Å². The van der Waals surface area contributed by atoms with Crippen LogP contribution in [0.15, 0.2) is 48.9 Å². The van der Waals surface area contributed by atoms with Crippen LogP contribution in [0.3, 0.4) is 0 Å². The number of methoxy groups -OCH3 is 1. The number of aromatic nitrogens is 2. The van der Waals surface area contributed by atoms with Crippen LogP contribution in [0, 0.1) is 0 Å². The average Bonchev–Trinajstić information content (AvgIpc) is 2.74. The molecule has 144 valence electrons. The zero-order valence-corrected chi connectivity index (χ0v) is 16.2. The molecule has 0 unspecified atom stereocenters. The Kier molecular flexibility index (Phi) is 5.63. The molecular formula is C23H25N3O2. The summed E-state index contributed by atoms with van der Waals surface area (Å²) in [7, 11) is 1.64. The number of hydrogen-bond donors (Lipinski definition) is 0. The highest BCUT2D eigenvalue weighted by Crippen LogP contribution is 2.26. The predicted octanol–water partition coefficient (Wildman–Crippen LogP) is 3.90. The second-order valence-electron chi connectivity index (χ2n) is 7.40. The van der Waals surface area contributed by atoms with Gasteiger partial charge in [-0.25, -0.2) is 0 Å². The van der Waals surface area contributed by atoms with E-state index in [0.29, 0.717) is 13.0 Å². The Morgan fingerprint density at radius 3 is 2.68 bits per heavy atom. The van der Waals surface area contributed by atoms with E-state index in [1.807, 2.05) is 24.5 Å². The summed E-state index contributed by atoms with van der Waals surface area (Å²) >= 11 is 0. The minimum atomic E-state index is 0.238. The zero-order valence-electron chi connectivity index (χ0n) is 16.2. The Bertz CT molecular complexity index is 980. The van der Waals surface area contributed by atoms with E-state index in [2.05, 4.69) is 33.1 Å². The Labute approximate surface area is 165 Å². The predicted molar refractivity (Wildman–Crippen MR) is 111 cm³/mol. The number of nitrogens with zero attached hydrogens (tertiary/aromatic N) is 3. The third-order valence-electron chi connectivity index (χ3n) is 5.29. The number of Topliss-reactive ketones (excluding diaryl/α,β-unsaturated/α-hetero) is 1. The summed E-state index contributed by atoms with van der Waals surface area (Å²) in [5, 5.41) is 2.14. The number of carbonyl (C=O) groups excluding carboxylic acids is 1. The molecule has 3 heterocycles. The third-order valence-corrected chi connectivity index (χ3v) is 5.29. The van der Waals surface area contributed by atoms with Crippen molar-refractivity contribution in [1.82, 2.24) is 14.9 Å². The van der Waals surface area contributed by atoms with Crippen LogP contribution in [0.4, 0.5) is 0 Å². The van der Waals surface area contributed by atoms with Gasteiger partial charge >= 0.3 is 0 Å². The molecule has 0 spiro atoms. The van der Waals surface area contributed by atoms with Crippen LogP contribution < -0.4 is 4.74 Å². The number of ketones is 1. The van der Waals surface area contributed by atoms with E-state index in [0.717, 1.165) is 46.4 Å². The highest BCUT2D eigenvalue weighted by atomic mass is 16.5. The standard InChI is InChI=1S/C23H25N3O2/c1-28-23-11-20(13-24-15-23)17-5-6-18-14-25-21(10-19(18)9-17)12-22(27)16-26-7-3-2-4-8-26/h5-6,9-11,13-15H,2-4,7-8,12,16H2,1H3. The Morgan fingerprint density at radius 2 is 1.86 bits per heavy atom. The van der Waals surface area contributed by atoms with Crippen molar-refractivity contribution in [2.24, 2.45) is 0 Å². The summed E-state index contributed by atoms with van der Waals surface area (Å²) in [6, 6.07) is 10.2. The number of benzene rings is 1. The van der Waals surface area contributed by atoms with Crippen molar-refractivity contribution in [2.45, 2.75) is 25.7 Å². The maximum absolute atomic E-state index is 12.5. The lowest BCUT2D eigenvalue weighted by molar-refractivity contribution is -0.119. The molecule has 2 aromatic heterocycles. The Balaban J connectivity index is 1.53. The lowest BCUT2D eigenvalue weighted by Gasteiger charge is -2.25. The van der Waals surface area contributed by atoms with Crippen LogP contribution in [0.5, 0.6) is 5.75 Å². The number of likely N-dealkylation sites (tertiary alicyclic amines) is 1. The van der Waals surface area contributed by atoms with E-state index < -0.39 is 0 Å². The van der Waals surface area contributed by atoms with Crippen molar-refractivity contribution in [3.63, 3.8) is 0 Å². The van der Waals surface area contributed by atoms with E-state index in [-0.39, 0.29) is 5.78 Å². The smallest absolute Gasteiger partial charge is 0.152 e. The van der Waals surface area contributed by atoms with Gasteiger partial charge in [-0.2, -0.15) is 0 Å². The summed E-state index contributed by atoms with van der Waals surface area (Å²) in [6.45, 7) is 2.61. The monoisotopic (exact) mass is 375 g/mol. The molecule has 28 heavy (non-hydrogen) atoms. The second kappa shape index (κ2) is 8.48. The molecule has 0 N–H and O–H groups in total. The van der Waals surface area contributed by atoms with Gasteiger partial charge in [0.15, 0.2) is 5.78 Å². The number of pyridine rings is 2. The van der Waals surface area contributed by atoms with Crippen LogP contribution in [-0.4, -0.2) is 47.4 Å². The van der Waals surface area contributed by atoms with Gasteiger partial charge in [-0.05, 0) is 55.1 Å². The van der Waals surface area contributed by atoms with Gasteiger partial charge < -0.3 is 4.74 Å². The number of ether oxygens (including phenoxy) is 1.